The number of halogens is 2. The molecule has 0 atom stereocenters. The number of amides is 2. The van der Waals surface area contributed by atoms with Crippen molar-refractivity contribution in [2.45, 2.75) is 31.7 Å². The molecule has 6 rings (SSSR count). The van der Waals surface area contributed by atoms with Gasteiger partial charge in [0.1, 0.15) is 40.6 Å². The zero-order chi connectivity index (χ0) is 24.8. The maximum Gasteiger partial charge on any atom is 0.323 e. The molecule has 3 aromatic heterocycles. The highest BCUT2D eigenvalue weighted by molar-refractivity contribution is 6.02. The van der Waals surface area contributed by atoms with Gasteiger partial charge in [0.05, 0.1) is 10.9 Å². The number of nitrogens with one attached hydrogen (secondary N) is 2. The summed E-state index contributed by atoms with van der Waals surface area (Å²) >= 11 is 0. The van der Waals surface area contributed by atoms with Crippen molar-refractivity contribution in [3.8, 4) is 11.5 Å². The molecule has 182 valence electrons. The zero-order valence-corrected chi connectivity index (χ0v) is 19.0. The zero-order valence-electron chi connectivity index (χ0n) is 19.0. The van der Waals surface area contributed by atoms with Crippen molar-refractivity contribution >= 4 is 45.4 Å². The molecule has 36 heavy (non-hydrogen) atoms. The topological polar surface area (TPSA) is 124 Å². The van der Waals surface area contributed by atoms with Crippen LogP contribution in [0.5, 0.6) is 0 Å². The molecule has 3 heterocycles. The highest BCUT2D eigenvalue weighted by atomic mass is 19.1. The van der Waals surface area contributed by atoms with Crippen molar-refractivity contribution in [2.24, 2.45) is 0 Å². The average Bonchev–Trinajstić information content (AvgIpc) is 3.59. The molecule has 1 fully saturated rings. The van der Waals surface area contributed by atoms with Crippen LogP contribution in [0.2, 0.25) is 0 Å². The van der Waals surface area contributed by atoms with Crippen LogP contribution in [-0.4, -0.2) is 25.6 Å². The van der Waals surface area contributed by atoms with E-state index in [-0.39, 0.29) is 0 Å². The second-order valence-electron chi connectivity index (χ2n) is 8.72. The Labute approximate surface area is 203 Å². The number of anilines is 3. The van der Waals surface area contributed by atoms with E-state index >= 15 is 0 Å². The van der Waals surface area contributed by atoms with Gasteiger partial charge in [0.25, 0.3) is 0 Å². The fourth-order valence-corrected chi connectivity index (χ4v) is 4.74. The van der Waals surface area contributed by atoms with Crippen molar-refractivity contribution in [3.05, 3.63) is 60.6 Å². The number of nitrogen functional groups attached to an aromatic ring is 1. The van der Waals surface area contributed by atoms with Gasteiger partial charge in [-0.15, -0.1) is 0 Å². The number of nitrogens with two attached hydrogens (primary N) is 1. The fraction of sp³-hybridized carbons (Fsp3) is 0.200. The van der Waals surface area contributed by atoms with Crippen LogP contribution in [0.3, 0.4) is 0 Å². The molecule has 0 unspecified atom stereocenters. The average molecular weight is 489 g/mol. The van der Waals surface area contributed by atoms with Gasteiger partial charge in [0.2, 0.25) is 5.89 Å². The molecule has 0 saturated heterocycles. The lowest BCUT2D eigenvalue weighted by atomic mass is 10.2. The van der Waals surface area contributed by atoms with Crippen LogP contribution in [0.1, 0.15) is 31.7 Å². The molecular weight excluding hydrogens is 468 g/mol. The van der Waals surface area contributed by atoms with Crippen LogP contribution in [-0.2, 0) is 0 Å². The van der Waals surface area contributed by atoms with Gasteiger partial charge in [-0.3, -0.25) is 0 Å². The molecule has 0 radical (unpaired) electrons. The number of fused-ring (bicyclic) bond motifs is 2. The SMILES string of the molecule is Nc1ncnc2c1c(-c1nc3ccc(NC(=O)Nc4c(F)cccc4F)cc3o1)cn2C1CCCC1. The van der Waals surface area contributed by atoms with Crippen LogP contribution in [0.4, 0.5) is 30.8 Å². The Kier molecular flexibility index (Phi) is 5.24. The first-order chi connectivity index (χ1) is 17.5. The van der Waals surface area contributed by atoms with Gasteiger partial charge in [0, 0.05) is 24.0 Å². The number of benzene rings is 2. The van der Waals surface area contributed by atoms with E-state index < -0.39 is 23.4 Å². The lowest BCUT2D eigenvalue weighted by molar-refractivity contribution is 0.262. The molecule has 2 amide bonds. The predicted molar refractivity (Wildman–Crippen MR) is 131 cm³/mol. The van der Waals surface area contributed by atoms with Crippen molar-refractivity contribution in [3.63, 3.8) is 0 Å². The Morgan fingerprint density at radius 2 is 1.86 bits per heavy atom. The molecule has 0 spiro atoms. The summed E-state index contributed by atoms with van der Waals surface area (Å²) in [7, 11) is 0. The summed E-state index contributed by atoms with van der Waals surface area (Å²) in [5.41, 5.74) is 8.46. The molecule has 5 aromatic rings. The van der Waals surface area contributed by atoms with Crippen molar-refractivity contribution < 1.29 is 18.0 Å². The first kappa shape index (κ1) is 22.0. The number of carbonyl (C=O) groups excluding carboxylic acids is 1. The van der Waals surface area contributed by atoms with E-state index in [9.17, 15) is 13.6 Å². The smallest absolute Gasteiger partial charge is 0.323 e. The Hall–Kier alpha value is -4.54. The van der Waals surface area contributed by atoms with Gasteiger partial charge >= 0.3 is 6.03 Å². The second-order valence-corrected chi connectivity index (χ2v) is 8.72. The molecule has 9 nitrogen and oxygen atoms in total. The molecule has 11 heteroatoms. The molecule has 0 bridgehead atoms. The number of aromatic nitrogens is 4. The molecule has 2 aromatic carbocycles. The number of hydrogen-bond acceptors (Lipinski definition) is 6. The number of oxazole rings is 1. The first-order valence-corrected chi connectivity index (χ1v) is 11.5. The standard InChI is InChI=1S/C25H21F2N7O2/c26-16-6-3-7-17(27)21(16)33-25(35)31-13-8-9-18-19(10-13)36-24(32-18)15-11-34(14-4-1-2-5-14)23-20(15)22(28)29-12-30-23/h3,6-12,14H,1-2,4-5H2,(H2,28,29,30)(H2,31,33,35). The van der Waals surface area contributed by atoms with Crippen molar-refractivity contribution in [1.29, 1.82) is 0 Å². The van der Waals surface area contributed by atoms with Crippen molar-refractivity contribution in [2.75, 3.05) is 16.4 Å². The Bertz CT molecular complexity index is 1600. The molecular formula is C25H21F2N7O2. The Morgan fingerprint density at radius 1 is 1.08 bits per heavy atom. The summed E-state index contributed by atoms with van der Waals surface area (Å²) in [5.74, 6) is -1.06. The third-order valence-corrected chi connectivity index (χ3v) is 6.43. The molecule has 4 N–H and O–H groups in total. The number of nitrogens with zero attached hydrogens (tertiary/aromatic N) is 4. The second kappa shape index (κ2) is 8.59. The highest BCUT2D eigenvalue weighted by Gasteiger charge is 2.25. The van der Waals surface area contributed by atoms with E-state index in [0.717, 1.165) is 43.5 Å². The van der Waals surface area contributed by atoms with Gasteiger partial charge in [-0.25, -0.2) is 28.5 Å². The third-order valence-electron chi connectivity index (χ3n) is 6.43. The summed E-state index contributed by atoms with van der Waals surface area (Å²) < 4.78 is 35.8. The predicted octanol–water partition coefficient (Wildman–Crippen LogP) is 5.86. The maximum absolute atomic E-state index is 13.8. The van der Waals surface area contributed by atoms with Crippen LogP contribution < -0.4 is 16.4 Å². The summed E-state index contributed by atoms with van der Waals surface area (Å²) in [5, 5.41) is 5.42. The van der Waals surface area contributed by atoms with E-state index in [1.165, 1.54) is 12.4 Å². The van der Waals surface area contributed by atoms with Gasteiger partial charge in [-0.05, 0) is 37.1 Å². The van der Waals surface area contributed by atoms with Gasteiger partial charge in [-0.2, -0.15) is 0 Å². The van der Waals surface area contributed by atoms with E-state index in [4.69, 9.17) is 10.2 Å². The van der Waals surface area contributed by atoms with Crippen LogP contribution in [0.15, 0.2) is 53.3 Å². The fourth-order valence-electron chi connectivity index (χ4n) is 4.74. The Balaban J connectivity index is 1.32. The monoisotopic (exact) mass is 489 g/mol. The third kappa shape index (κ3) is 3.78. The quantitative estimate of drug-likeness (QED) is 0.291. The van der Waals surface area contributed by atoms with E-state index in [1.54, 1.807) is 18.2 Å². The van der Waals surface area contributed by atoms with Crippen LogP contribution in [0.25, 0.3) is 33.6 Å². The summed E-state index contributed by atoms with van der Waals surface area (Å²) in [6.45, 7) is 0. The van der Waals surface area contributed by atoms with Gasteiger partial charge in [-0.1, -0.05) is 18.9 Å². The minimum Gasteiger partial charge on any atom is -0.436 e. The molecule has 1 saturated carbocycles. The Morgan fingerprint density at radius 3 is 2.64 bits per heavy atom. The lowest BCUT2D eigenvalue weighted by Gasteiger charge is -2.12. The van der Waals surface area contributed by atoms with Crippen LogP contribution in [0, 0.1) is 11.6 Å². The van der Waals surface area contributed by atoms with Gasteiger partial charge in [0.15, 0.2) is 5.58 Å². The largest absolute Gasteiger partial charge is 0.436 e. The number of urea groups is 1. The van der Waals surface area contributed by atoms with Gasteiger partial charge < -0.3 is 25.4 Å². The summed E-state index contributed by atoms with van der Waals surface area (Å²) in [6.07, 6.45) is 7.87. The summed E-state index contributed by atoms with van der Waals surface area (Å²) in [4.78, 5) is 25.6. The van der Waals surface area contributed by atoms with Crippen LogP contribution >= 0.6 is 0 Å². The number of para-hydroxylation sites is 1. The number of hydrogen-bond donors (Lipinski definition) is 3. The minimum absolute atomic E-state index is 0.327. The molecule has 0 aliphatic heterocycles. The van der Waals surface area contributed by atoms with E-state index in [1.807, 2.05) is 6.20 Å². The molecule has 1 aliphatic carbocycles. The maximum atomic E-state index is 13.8. The summed E-state index contributed by atoms with van der Waals surface area (Å²) in [6, 6.07) is 7.73. The molecule has 1 aliphatic rings. The minimum atomic E-state index is -0.875. The van der Waals surface area contributed by atoms with E-state index in [0.29, 0.717) is 45.5 Å². The lowest BCUT2D eigenvalue weighted by Crippen LogP contribution is -2.20. The normalized spacial score (nSPS) is 14.1. The highest BCUT2D eigenvalue weighted by Crippen LogP contribution is 2.39. The van der Waals surface area contributed by atoms with Crippen molar-refractivity contribution in [1.82, 2.24) is 19.5 Å². The number of rotatable bonds is 4. The first-order valence-electron chi connectivity index (χ1n) is 11.5. The van der Waals surface area contributed by atoms with E-state index in [2.05, 4.69) is 30.2 Å². The number of carbonyl (C=O) groups is 1.